The molecule has 44 heavy (non-hydrogen) atoms. The molecule has 0 radical (unpaired) electrons. The number of hydrogen-bond donors (Lipinski definition) is 1. The molecule has 2 unspecified atom stereocenters. The van der Waals surface area contributed by atoms with Crippen molar-refractivity contribution >= 4 is 22.6 Å². The van der Waals surface area contributed by atoms with Crippen LogP contribution in [-0.4, -0.2) is 60.9 Å². The van der Waals surface area contributed by atoms with Gasteiger partial charge < -0.3 is 18.8 Å². The molecule has 8 rings (SSSR count). The zero-order valence-corrected chi connectivity index (χ0v) is 24.9. The summed E-state index contributed by atoms with van der Waals surface area (Å²) in [5.41, 5.74) is 4.28. The van der Waals surface area contributed by atoms with Crippen molar-refractivity contribution in [2.45, 2.75) is 57.1 Å². The number of benzene rings is 3. The number of nitrogens with one attached hydrogen (secondary N) is 1. The van der Waals surface area contributed by atoms with Gasteiger partial charge in [-0.3, -0.25) is 4.90 Å². The Labute approximate surface area is 258 Å². The second-order valence-electron chi connectivity index (χ2n) is 11.9. The number of aromatic nitrogens is 6. The number of fused-ring (bicyclic) bond motifs is 2. The summed E-state index contributed by atoms with van der Waals surface area (Å²) in [5, 5.41) is 14.8. The first kappa shape index (κ1) is 27.5. The van der Waals surface area contributed by atoms with Gasteiger partial charge in [-0.2, -0.15) is 5.21 Å². The third-order valence-corrected chi connectivity index (χ3v) is 9.27. The molecule has 10 nitrogen and oxygen atoms in total. The van der Waals surface area contributed by atoms with Crippen molar-refractivity contribution < 1.29 is 18.6 Å². The van der Waals surface area contributed by atoms with Crippen LogP contribution < -0.4 is 9.47 Å². The molecule has 1 N–H and O–H groups in total. The van der Waals surface area contributed by atoms with Crippen LogP contribution >= 0.6 is 11.6 Å². The number of halogens is 2. The molecule has 0 bridgehead atoms. The molecule has 2 fully saturated rings. The van der Waals surface area contributed by atoms with E-state index >= 15 is 0 Å². The first-order chi connectivity index (χ1) is 21.4. The van der Waals surface area contributed by atoms with Gasteiger partial charge in [0, 0.05) is 29.7 Å². The van der Waals surface area contributed by atoms with E-state index in [2.05, 4.69) is 42.2 Å². The van der Waals surface area contributed by atoms with Crippen LogP contribution in [-0.2, 0) is 23.6 Å². The molecule has 2 atom stereocenters. The SMILES string of the molecule is CC1(c2ccc(Cl)cc2F)Oc2cccc(C3CCN(Cc4nc5cc(-c6nn[nH]n6)ccc5n4CC4CCO4)CC3)c2O1. The van der Waals surface area contributed by atoms with Crippen LogP contribution in [0.25, 0.3) is 22.4 Å². The van der Waals surface area contributed by atoms with Crippen LogP contribution in [0.1, 0.15) is 49.1 Å². The lowest BCUT2D eigenvalue weighted by Gasteiger charge is -2.33. The first-order valence-corrected chi connectivity index (χ1v) is 15.3. The second kappa shape index (κ2) is 10.8. The summed E-state index contributed by atoms with van der Waals surface area (Å²) < 4.78 is 35.5. The Kier molecular flexibility index (Phi) is 6.77. The number of likely N-dealkylation sites (tertiary alicyclic amines) is 1. The lowest BCUT2D eigenvalue weighted by Crippen LogP contribution is -2.35. The van der Waals surface area contributed by atoms with Gasteiger partial charge in [0.05, 0.1) is 35.8 Å². The maximum Gasteiger partial charge on any atom is 0.278 e. The first-order valence-electron chi connectivity index (χ1n) is 15.0. The van der Waals surface area contributed by atoms with Gasteiger partial charge in [-0.05, 0) is 85.9 Å². The number of piperidine rings is 1. The number of tetrazole rings is 1. The van der Waals surface area contributed by atoms with Crippen molar-refractivity contribution in [3.63, 3.8) is 0 Å². The highest BCUT2D eigenvalue weighted by Gasteiger charge is 2.43. The predicted octanol–water partition coefficient (Wildman–Crippen LogP) is 5.82. The monoisotopic (exact) mass is 615 g/mol. The fraction of sp³-hybridized carbons (Fsp3) is 0.375. The highest BCUT2D eigenvalue weighted by Crippen LogP contribution is 2.50. The normalized spacial score (nSPS) is 22.0. The largest absolute Gasteiger partial charge is 0.444 e. The van der Waals surface area contributed by atoms with Gasteiger partial charge in [0.1, 0.15) is 11.6 Å². The highest BCUT2D eigenvalue weighted by atomic mass is 35.5. The minimum Gasteiger partial charge on any atom is -0.444 e. The summed E-state index contributed by atoms with van der Waals surface area (Å²) in [6, 6.07) is 16.7. The molecule has 2 aromatic heterocycles. The van der Waals surface area contributed by atoms with Crippen LogP contribution in [0.4, 0.5) is 4.39 Å². The third kappa shape index (κ3) is 4.89. The van der Waals surface area contributed by atoms with Crippen molar-refractivity contribution in [1.82, 2.24) is 35.1 Å². The highest BCUT2D eigenvalue weighted by molar-refractivity contribution is 6.30. The minimum atomic E-state index is -1.26. The van der Waals surface area contributed by atoms with Crippen LogP contribution in [0, 0.1) is 5.82 Å². The van der Waals surface area contributed by atoms with Crippen molar-refractivity contribution in [2.24, 2.45) is 0 Å². The molecule has 5 aromatic rings. The van der Waals surface area contributed by atoms with E-state index in [4.69, 9.17) is 30.8 Å². The summed E-state index contributed by atoms with van der Waals surface area (Å²) in [7, 11) is 0. The van der Waals surface area contributed by atoms with Crippen LogP contribution in [0.2, 0.25) is 5.02 Å². The van der Waals surface area contributed by atoms with E-state index in [0.717, 1.165) is 80.0 Å². The standard InChI is InChI=1S/C32H31ClFN7O3/c1-32(24-7-6-21(33)16-25(24)34)43-28-4-2-3-23(30(28)44-32)19-9-12-40(13-10-19)18-29-35-26-15-20(31-36-38-39-37-31)5-8-27(26)41(29)17-22-11-14-42-22/h2-8,15-16,19,22H,9-14,17-18H2,1H3,(H,36,37,38,39). The van der Waals surface area contributed by atoms with Gasteiger partial charge in [-0.25, -0.2) is 9.37 Å². The Morgan fingerprint density at radius 1 is 1.07 bits per heavy atom. The van der Waals surface area contributed by atoms with Gasteiger partial charge in [0.2, 0.25) is 5.82 Å². The van der Waals surface area contributed by atoms with Gasteiger partial charge in [-0.15, -0.1) is 10.2 Å². The molecule has 226 valence electrons. The van der Waals surface area contributed by atoms with Gasteiger partial charge in [0.15, 0.2) is 11.5 Å². The zero-order chi connectivity index (χ0) is 29.8. The van der Waals surface area contributed by atoms with E-state index in [-0.39, 0.29) is 6.10 Å². The summed E-state index contributed by atoms with van der Waals surface area (Å²) in [6.07, 6.45) is 3.19. The predicted molar refractivity (Wildman–Crippen MR) is 161 cm³/mol. The summed E-state index contributed by atoms with van der Waals surface area (Å²) in [5.74, 6) is 1.48. The topological polar surface area (TPSA) is 103 Å². The molecule has 2 saturated heterocycles. The van der Waals surface area contributed by atoms with Gasteiger partial charge in [0.25, 0.3) is 5.79 Å². The average Bonchev–Trinajstić information content (AvgIpc) is 3.72. The van der Waals surface area contributed by atoms with Crippen molar-refractivity contribution in [2.75, 3.05) is 19.7 Å². The summed E-state index contributed by atoms with van der Waals surface area (Å²) in [6.45, 7) is 5.91. The minimum absolute atomic E-state index is 0.211. The Morgan fingerprint density at radius 3 is 2.68 bits per heavy atom. The summed E-state index contributed by atoms with van der Waals surface area (Å²) >= 11 is 5.99. The quantitative estimate of drug-likeness (QED) is 0.244. The van der Waals surface area contributed by atoms with Crippen molar-refractivity contribution in [1.29, 1.82) is 0 Å². The molecule has 5 heterocycles. The molecule has 12 heteroatoms. The Hall–Kier alpha value is -4.06. The van der Waals surface area contributed by atoms with Crippen LogP contribution in [0.3, 0.4) is 0 Å². The Balaban J connectivity index is 0.999. The van der Waals surface area contributed by atoms with E-state index in [1.807, 2.05) is 24.3 Å². The third-order valence-electron chi connectivity index (χ3n) is 9.03. The smallest absolute Gasteiger partial charge is 0.278 e. The molecule has 0 aliphatic carbocycles. The molecule has 3 aliphatic rings. The molecule has 3 aromatic carbocycles. The average molecular weight is 616 g/mol. The fourth-order valence-corrected chi connectivity index (χ4v) is 6.76. The number of imidazole rings is 1. The van der Waals surface area contributed by atoms with Crippen molar-refractivity contribution in [3.05, 3.63) is 82.4 Å². The molecule has 3 aliphatic heterocycles. The lowest BCUT2D eigenvalue weighted by atomic mass is 9.88. The Morgan fingerprint density at radius 2 is 1.93 bits per heavy atom. The maximum atomic E-state index is 14.8. The van der Waals surface area contributed by atoms with E-state index in [1.54, 1.807) is 19.1 Å². The second-order valence-corrected chi connectivity index (χ2v) is 12.3. The Bertz CT molecular complexity index is 1840. The maximum absolute atomic E-state index is 14.8. The van der Waals surface area contributed by atoms with Gasteiger partial charge >= 0.3 is 0 Å². The number of hydrogen-bond acceptors (Lipinski definition) is 8. The fourth-order valence-electron chi connectivity index (χ4n) is 6.60. The van der Waals surface area contributed by atoms with E-state index in [0.29, 0.717) is 33.8 Å². The molecular formula is C32H31ClFN7O3. The molecule has 0 amide bonds. The molecular weight excluding hydrogens is 585 g/mol. The summed E-state index contributed by atoms with van der Waals surface area (Å²) in [4.78, 5) is 7.54. The number of nitrogens with zero attached hydrogens (tertiary/aromatic N) is 6. The van der Waals surface area contributed by atoms with Crippen molar-refractivity contribution in [3.8, 4) is 22.9 Å². The number of rotatable bonds is 7. The number of ether oxygens (including phenoxy) is 3. The molecule has 0 spiro atoms. The van der Waals surface area contributed by atoms with Crippen LogP contribution in [0.15, 0.2) is 54.6 Å². The zero-order valence-electron chi connectivity index (χ0n) is 24.2. The number of H-pyrrole nitrogens is 1. The van der Waals surface area contributed by atoms with Crippen LogP contribution in [0.5, 0.6) is 11.5 Å². The van der Waals surface area contributed by atoms with E-state index in [1.165, 1.54) is 6.07 Å². The lowest BCUT2D eigenvalue weighted by molar-refractivity contribution is -0.0712. The number of aromatic amines is 1. The molecule has 0 saturated carbocycles. The van der Waals surface area contributed by atoms with E-state index < -0.39 is 11.6 Å². The van der Waals surface area contributed by atoms with Gasteiger partial charge in [-0.1, -0.05) is 23.7 Å². The number of para-hydroxylation sites is 1. The van der Waals surface area contributed by atoms with E-state index in [9.17, 15) is 4.39 Å².